The van der Waals surface area contributed by atoms with Gasteiger partial charge in [-0.15, -0.1) is 0 Å². The molecule has 2 aromatic carbocycles. The van der Waals surface area contributed by atoms with E-state index >= 15 is 0 Å². The van der Waals surface area contributed by atoms with Gasteiger partial charge in [-0.3, -0.25) is 9.78 Å². The van der Waals surface area contributed by atoms with Crippen LogP contribution in [0.4, 0.5) is 17.6 Å². The first-order valence-electron chi connectivity index (χ1n) is 11.6. The minimum atomic E-state index is -4.48. The second kappa shape index (κ2) is 9.84. The molecule has 0 saturated carbocycles. The van der Waals surface area contributed by atoms with Crippen molar-refractivity contribution in [3.05, 3.63) is 83.8 Å². The molecular weight excluding hydrogens is 526 g/mol. The Morgan fingerprint density at radius 1 is 1.11 bits per heavy atom. The third kappa shape index (κ3) is 5.14. The molecule has 1 fully saturated rings. The van der Waals surface area contributed by atoms with Crippen LogP contribution >= 0.6 is 0 Å². The van der Waals surface area contributed by atoms with E-state index in [9.17, 15) is 30.8 Å². The number of hydrogen-bond donors (Lipinski definition) is 1. The van der Waals surface area contributed by atoms with Crippen molar-refractivity contribution in [2.75, 3.05) is 6.54 Å². The smallest absolute Gasteiger partial charge is 0.417 e. The maximum atomic E-state index is 13.5. The maximum absolute atomic E-state index is 13.5. The first-order valence-corrected chi connectivity index (χ1v) is 13.1. The number of carbonyl (C=O) groups excluding carboxylic acids is 1. The molecule has 7 nitrogen and oxygen atoms in total. The van der Waals surface area contributed by atoms with Crippen molar-refractivity contribution >= 4 is 26.9 Å². The lowest BCUT2D eigenvalue weighted by Crippen LogP contribution is -2.45. The molecule has 5 rings (SSSR count). The Bertz CT molecular complexity index is 1600. The standard InChI is InChI=1S/C26H21F4N3O4S/c27-20-7-9-23-18(12-20)13-24(37-23)38(35,36)33-10-2-5-22(33)25(34)32-14-16-3-1-4-17(11-16)21-8-6-19(15-31-21)26(28,29)30/h1,3-4,6-9,11-13,15,22H,2,5,10,14H2,(H,32,34). The Morgan fingerprint density at radius 2 is 1.92 bits per heavy atom. The van der Waals surface area contributed by atoms with Crippen molar-refractivity contribution in [2.45, 2.75) is 36.7 Å². The summed E-state index contributed by atoms with van der Waals surface area (Å²) < 4.78 is 85.0. The summed E-state index contributed by atoms with van der Waals surface area (Å²) in [7, 11) is -4.15. The van der Waals surface area contributed by atoms with Crippen molar-refractivity contribution < 1.29 is 35.2 Å². The molecule has 1 N–H and O–H groups in total. The number of hydrogen-bond acceptors (Lipinski definition) is 5. The minimum absolute atomic E-state index is 0.0710. The first-order chi connectivity index (χ1) is 18.0. The van der Waals surface area contributed by atoms with Gasteiger partial charge in [0, 0.05) is 36.3 Å². The van der Waals surface area contributed by atoms with Crippen LogP contribution in [0, 0.1) is 5.82 Å². The number of carbonyl (C=O) groups is 1. The Hall–Kier alpha value is -3.77. The van der Waals surface area contributed by atoms with E-state index in [0.717, 1.165) is 22.6 Å². The van der Waals surface area contributed by atoms with Gasteiger partial charge in [0.2, 0.25) is 11.0 Å². The molecule has 0 radical (unpaired) electrons. The van der Waals surface area contributed by atoms with Gasteiger partial charge in [0.05, 0.1) is 11.3 Å². The van der Waals surface area contributed by atoms with Gasteiger partial charge in [0.15, 0.2) is 0 Å². The van der Waals surface area contributed by atoms with Crippen LogP contribution in [0.1, 0.15) is 24.0 Å². The number of nitrogens with zero attached hydrogens (tertiary/aromatic N) is 2. The summed E-state index contributed by atoms with van der Waals surface area (Å²) in [6.07, 6.45) is -2.93. The minimum Gasteiger partial charge on any atom is -0.443 e. The zero-order chi connectivity index (χ0) is 27.1. The molecule has 3 heterocycles. The van der Waals surface area contributed by atoms with Gasteiger partial charge in [0.1, 0.15) is 17.4 Å². The van der Waals surface area contributed by atoms with E-state index < -0.39 is 39.5 Å². The van der Waals surface area contributed by atoms with Crippen LogP contribution in [0.5, 0.6) is 0 Å². The third-order valence-electron chi connectivity index (χ3n) is 6.31. The van der Waals surface area contributed by atoms with Gasteiger partial charge < -0.3 is 9.73 Å². The second-order valence-electron chi connectivity index (χ2n) is 8.87. The van der Waals surface area contributed by atoms with Crippen molar-refractivity contribution in [1.29, 1.82) is 0 Å². The summed E-state index contributed by atoms with van der Waals surface area (Å²) in [4.78, 5) is 16.9. The highest BCUT2D eigenvalue weighted by molar-refractivity contribution is 7.89. The van der Waals surface area contributed by atoms with E-state index in [-0.39, 0.29) is 23.8 Å². The molecule has 0 spiro atoms. The molecule has 0 aliphatic carbocycles. The molecule has 1 aliphatic heterocycles. The summed E-state index contributed by atoms with van der Waals surface area (Å²) in [6, 6.07) is 13.0. The largest absolute Gasteiger partial charge is 0.443 e. The molecule has 1 saturated heterocycles. The Morgan fingerprint density at radius 3 is 2.66 bits per heavy atom. The van der Waals surface area contributed by atoms with Gasteiger partial charge in [-0.2, -0.15) is 17.5 Å². The Balaban J connectivity index is 1.28. The molecule has 1 atom stereocenters. The highest BCUT2D eigenvalue weighted by Gasteiger charge is 2.41. The lowest BCUT2D eigenvalue weighted by atomic mass is 10.1. The topological polar surface area (TPSA) is 92.5 Å². The molecule has 4 aromatic rings. The Kier molecular flexibility index (Phi) is 6.70. The van der Waals surface area contributed by atoms with Crippen molar-refractivity contribution in [2.24, 2.45) is 0 Å². The number of halogens is 4. The second-order valence-corrected chi connectivity index (χ2v) is 10.7. The van der Waals surface area contributed by atoms with Crippen molar-refractivity contribution in [3.63, 3.8) is 0 Å². The molecular formula is C26H21F4N3O4S. The third-order valence-corrected chi connectivity index (χ3v) is 8.07. The maximum Gasteiger partial charge on any atom is 0.417 e. The molecule has 38 heavy (non-hydrogen) atoms. The quantitative estimate of drug-likeness (QED) is 0.338. The zero-order valence-corrected chi connectivity index (χ0v) is 20.5. The van der Waals surface area contributed by atoms with Crippen molar-refractivity contribution in [3.8, 4) is 11.3 Å². The number of furan rings is 1. The van der Waals surface area contributed by atoms with Gasteiger partial charge in [-0.05, 0) is 54.8 Å². The van der Waals surface area contributed by atoms with Crippen LogP contribution < -0.4 is 5.32 Å². The van der Waals surface area contributed by atoms with Gasteiger partial charge in [0.25, 0.3) is 10.0 Å². The molecule has 1 aliphatic rings. The summed E-state index contributed by atoms with van der Waals surface area (Å²) >= 11 is 0. The van der Waals surface area contributed by atoms with E-state index in [1.54, 1.807) is 24.3 Å². The van der Waals surface area contributed by atoms with Crippen LogP contribution in [-0.2, 0) is 27.5 Å². The SMILES string of the molecule is O=C(NCc1cccc(-c2ccc(C(F)(F)F)cn2)c1)C1CCCN1S(=O)(=O)c1cc2cc(F)ccc2o1. The van der Waals surface area contributed by atoms with E-state index in [0.29, 0.717) is 35.0 Å². The van der Waals surface area contributed by atoms with Crippen molar-refractivity contribution in [1.82, 2.24) is 14.6 Å². The lowest BCUT2D eigenvalue weighted by Gasteiger charge is -2.22. The molecule has 198 valence electrons. The predicted octanol–water partition coefficient (Wildman–Crippen LogP) is 5.12. The number of rotatable bonds is 6. The van der Waals surface area contributed by atoms with E-state index in [4.69, 9.17) is 4.42 Å². The number of nitrogens with one attached hydrogen (secondary N) is 1. The first kappa shape index (κ1) is 25.9. The average molecular weight is 548 g/mol. The molecule has 12 heteroatoms. The lowest BCUT2D eigenvalue weighted by molar-refractivity contribution is -0.137. The average Bonchev–Trinajstić information content (AvgIpc) is 3.55. The van der Waals surface area contributed by atoms with E-state index in [2.05, 4.69) is 10.3 Å². The zero-order valence-electron chi connectivity index (χ0n) is 19.7. The summed E-state index contributed by atoms with van der Waals surface area (Å²) in [5, 5.41) is 2.67. The van der Waals surface area contributed by atoms with Crippen LogP contribution in [-0.4, -0.2) is 36.2 Å². The van der Waals surface area contributed by atoms with Gasteiger partial charge in [-0.1, -0.05) is 18.2 Å². The molecule has 2 aromatic heterocycles. The fraction of sp³-hybridized carbons (Fsp3) is 0.231. The molecule has 0 bridgehead atoms. The normalized spacial score (nSPS) is 16.7. The van der Waals surface area contributed by atoms with Gasteiger partial charge in [-0.25, -0.2) is 12.8 Å². The van der Waals surface area contributed by atoms with Crippen LogP contribution in [0.2, 0.25) is 0 Å². The van der Waals surface area contributed by atoms with Crippen LogP contribution in [0.15, 0.2) is 76.4 Å². The highest BCUT2D eigenvalue weighted by Crippen LogP contribution is 2.31. The van der Waals surface area contributed by atoms with Gasteiger partial charge >= 0.3 is 6.18 Å². The molecule has 1 unspecified atom stereocenters. The number of alkyl halides is 3. The number of aromatic nitrogens is 1. The van der Waals surface area contributed by atoms with E-state index in [1.807, 2.05) is 0 Å². The fourth-order valence-electron chi connectivity index (χ4n) is 4.40. The monoisotopic (exact) mass is 547 g/mol. The fourth-order valence-corrected chi connectivity index (χ4v) is 6.01. The number of fused-ring (bicyclic) bond motifs is 1. The van der Waals surface area contributed by atoms with Crippen LogP contribution in [0.3, 0.4) is 0 Å². The van der Waals surface area contributed by atoms with E-state index in [1.165, 1.54) is 24.3 Å². The summed E-state index contributed by atoms with van der Waals surface area (Å²) in [6.45, 7) is 0.197. The number of pyridine rings is 1. The van der Waals surface area contributed by atoms with Crippen LogP contribution in [0.25, 0.3) is 22.2 Å². The molecule has 1 amide bonds. The number of sulfonamides is 1. The summed E-state index contributed by atoms with van der Waals surface area (Å²) in [5.74, 6) is -1.02. The summed E-state index contributed by atoms with van der Waals surface area (Å²) in [5.41, 5.74) is 0.925. The Labute approximate surface area is 215 Å². The number of benzene rings is 2. The predicted molar refractivity (Wildman–Crippen MR) is 130 cm³/mol. The highest BCUT2D eigenvalue weighted by atomic mass is 32.2. The number of amides is 1.